The van der Waals surface area contributed by atoms with E-state index < -0.39 is 0 Å². The monoisotopic (exact) mass is 420 g/mol. The molecule has 152 valence electrons. The van der Waals surface area contributed by atoms with Crippen LogP contribution in [0.5, 0.6) is 0 Å². The molecule has 0 bridgehead atoms. The Kier molecular flexibility index (Phi) is 5.22. The van der Waals surface area contributed by atoms with Crippen molar-refractivity contribution in [1.82, 2.24) is 30.2 Å². The number of H-pyrrole nitrogens is 1. The zero-order valence-electron chi connectivity index (χ0n) is 16.9. The molecule has 8 heteroatoms. The molecule has 30 heavy (non-hydrogen) atoms. The Balaban J connectivity index is 1.48. The van der Waals surface area contributed by atoms with Crippen molar-refractivity contribution >= 4 is 28.5 Å². The minimum absolute atomic E-state index is 0.0170. The predicted octanol–water partition coefficient (Wildman–Crippen LogP) is 4.30. The highest BCUT2D eigenvalue weighted by Crippen LogP contribution is 2.27. The Labute approximate surface area is 179 Å². The molecule has 0 unspecified atom stereocenters. The molecule has 0 aliphatic rings. The maximum atomic E-state index is 12.4. The number of carbonyl (C=O) groups is 1. The number of aromatic amines is 1. The van der Waals surface area contributed by atoms with Crippen molar-refractivity contribution < 1.29 is 4.79 Å². The van der Waals surface area contributed by atoms with Gasteiger partial charge in [-0.15, -0.1) is 0 Å². The highest BCUT2D eigenvalue weighted by Gasteiger charge is 2.16. The lowest BCUT2D eigenvalue weighted by molar-refractivity contribution is 0.0945. The van der Waals surface area contributed by atoms with Crippen molar-refractivity contribution in [3.63, 3.8) is 0 Å². The maximum absolute atomic E-state index is 12.4. The van der Waals surface area contributed by atoms with Gasteiger partial charge in [-0.1, -0.05) is 38.4 Å². The third-order valence-electron chi connectivity index (χ3n) is 4.82. The first-order valence-corrected chi connectivity index (χ1v) is 9.88. The van der Waals surface area contributed by atoms with Gasteiger partial charge in [0, 0.05) is 29.5 Å². The highest BCUT2D eigenvalue weighted by molar-refractivity contribution is 6.31. The minimum atomic E-state index is -0.276. The molecule has 0 saturated carbocycles. The summed E-state index contributed by atoms with van der Waals surface area (Å²) in [6, 6.07) is 7.35. The zero-order valence-corrected chi connectivity index (χ0v) is 17.7. The van der Waals surface area contributed by atoms with E-state index in [1.165, 1.54) is 6.33 Å². The van der Waals surface area contributed by atoms with E-state index in [9.17, 15) is 4.79 Å². The second kappa shape index (κ2) is 7.84. The van der Waals surface area contributed by atoms with Crippen LogP contribution < -0.4 is 5.32 Å². The Morgan fingerprint density at radius 3 is 2.63 bits per heavy atom. The minimum Gasteiger partial charge on any atom is -0.346 e. The number of amides is 1. The SMILES string of the molecule is CC(C)(C)c1ccc(C(=O)NCc2ncc(-c3ncnc4[nH]ccc34)cc2Cl)nc1. The number of hydrogen-bond acceptors (Lipinski definition) is 5. The lowest BCUT2D eigenvalue weighted by Gasteiger charge is -2.18. The Morgan fingerprint density at radius 1 is 1.10 bits per heavy atom. The van der Waals surface area contributed by atoms with Gasteiger partial charge in [0.05, 0.1) is 23.0 Å². The van der Waals surface area contributed by atoms with E-state index >= 15 is 0 Å². The average molecular weight is 421 g/mol. The Bertz CT molecular complexity index is 1210. The summed E-state index contributed by atoms with van der Waals surface area (Å²) in [6.07, 6.45) is 6.73. The summed E-state index contributed by atoms with van der Waals surface area (Å²) in [5.74, 6) is -0.276. The van der Waals surface area contributed by atoms with E-state index in [1.807, 2.05) is 18.3 Å². The van der Waals surface area contributed by atoms with Gasteiger partial charge in [-0.25, -0.2) is 9.97 Å². The van der Waals surface area contributed by atoms with Gasteiger partial charge in [0.15, 0.2) is 0 Å². The number of fused-ring (bicyclic) bond motifs is 1. The molecule has 0 aliphatic heterocycles. The molecule has 0 atom stereocenters. The zero-order chi connectivity index (χ0) is 21.3. The fourth-order valence-electron chi connectivity index (χ4n) is 3.05. The Morgan fingerprint density at radius 2 is 1.93 bits per heavy atom. The summed E-state index contributed by atoms with van der Waals surface area (Å²) in [4.78, 5) is 32.7. The van der Waals surface area contributed by atoms with E-state index in [2.05, 4.69) is 51.0 Å². The molecule has 0 fully saturated rings. The molecule has 4 heterocycles. The summed E-state index contributed by atoms with van der Waals surface area (Å²) in [7, 11) is 0. The van der Waals surface area contributed by atoms with Gasteiger partial charge in [-0.3, -0.25) is 14.8 Å². The molecular formula is C22H21ClN6O. The lowest BCUT2D eigenvalue weighted by atomic mass is 9.88. The smallest absolute Gasteiger partial charge is 0.270 e. The summed E-state index contributed by atoms with van der Waals surface area (Å²) < 4.78 is 0. The first kappa shape index (κ1) is 20.0. The number of nitrogens with zero attached hydrogens (tertiary/aromatic N) is 4. The quantitative estimate of drug-likeness (QED) is 0.513. The van der Waals surface area contributed by atoms with Crippen LogP contribution in [0.4, 0.5) is 0 Å². The Hall–Kier alpha value is -3.32. The molecular weight excluding hydrogens is 400 g/mol. The highest BCUT2D eigenvalue weighted by atomic mass is 35.5. The fourth-order valence-corrected chi connectivity index (χ4v) is 3.29. The molecule has 4 aromatic rings. The van der Waals surface area contributed by atoms with Crippen molar-refractivity contribution in [2.24, 2.45) is 0 Å². The lowest BCUT2D eigenvalue weighted by Crippen LogP contribution is -2.24. The molecule has 2 N–H and O–H groups in total. The molecule has 0 spiro atoms. The third-order valence-corrected chi connectivity index (χ3v) is 5.15. The molecule has 0 saturated heterocycles. The van der Waals surface area contributed by atoms with Gasteiger partial charge < -0.3 is 10.3 Å². The van der Waals surface area contributed by atoms with Crippen LogP contribution in [0.15, 0.2) is 49.2 Å². The topological polar surface area (TPSA) is 96.5 Å². The number of carbonyl (C=O) groups excluding carboxylic acids is 1. The fraction of sp³-hybridized carbons (Fsp3) is 0.227. The second-order valence-electron chi connectivity index (χ2n) is 7.98. The van der Waals surface area contributed by atoms with Crippen molar-refractivity contribution in [3.8, 4) is 11.3 Å². The van der Waals surface area contributed by atoms with Gasteiger partial charge in [0.1, 0.15) is 17.7 Å². The molecule has 4 aromatic heterocycles. The summed E-state index contributed by atoms with van der Waals surface area (Å²) in [5.41, 5.74) is 4.25. The van der Waals surface area contributed by atoms with E-state index in [1.54, 1.807) is 24.5 Å². The molecule has 0 aliphatic carbocycles. The van der Waals surface area contributed by atoms with Gasteiger partial charge in [0.2, 0.25) is 0 Å². The van der Waals surface area contributed by atoms with Crippen LogP contribution in [0.25, 0.3) is 22.3 Å². The van der Waals surface area contributed by atoms with E-state index in [-0.39, 0.29) is 17.9 Å². The van der Waals surface area contributed by atoms with Gasteiger partial charge in [0.25, 0.3) is 5.91 Å². The van der Waals surface area contributed by atoms with Crippen LogP contribution in [0.2, 0.25) is 5.02 Å². The van der Waals surface area contributed by atoms with Gasteiger partial charge >= 0.3 is 0 Å². The normalized spacial score (nSPS) is 11.6. The van der Waals surface area contributed by atoms with Crippen LogP contribution in [0.3, 0.4) is 0 Å². The molecule has 4 rings (SSSR count). The van der Waals surface area contributed by atoms with E-state index in [4.69, 9.17) is 11.6 Å². The largest absolute Gasteiger partial charge is 0.346 e. The number of hydrogen-bond donors (Lipinski definition) is 2. The van der Waals surface area contributed by atoms with Crippen LogP contribution in [0, 0.1) is 0 Å². The predicted molar refractivity (Wildman–Crippen MR) is 116 cm³/mol. The van der Waals surface area contributed by atoms with Crippen molar-refractivity contribution in [1.29, 1.82) is 0 Å². The number of rotatable bonds is 4. The van der Waals surface area contributed by atoms with Crippen LogP contribution in [-0.2, 0) is 12.0 Å². The van der Waals surface area contributed by atoms with Crippen LogP contribution in [0.1, 0.15) is 42.5 Å². The average Bonchev–Trinajstić information content (AvgIpc) is 3.21. The van der Waals surface area contributed by atoms with Gasteiger partial charge in [-0.2, -0.15) is 0 Å². The molecule has 0 radical (unpaired) electrons. The van der Waals surface area contributed by atoms with Crippen molar-refractivity contribution in [2.45, 2.75) is 32.7 Å². The van der Waals surface area contributed by atoms with Crippen molar-refractivity contribution in [3.05, 3.63) is 71.2 Å². The number of halogens is 1. The second-order valence-corrected chi connectivity index (χ2v) is 8.39. The number of aromatic nitrogens is 5. The van der Waals surface area contributed by atoms with Gasteiger partial charge in [-0.05, 0) is 29.2 Å². The third kappa shape index (κ3) is 4.02. The van der Waals surface area contributed by atoms with E-state index in [0.717, 1.165) is 27.9 Å². The van der Waals surface area contributed by atoms with Crippen molar-refractivity contribution in [2.75, 3.05) is 0 Å². The van der Waals surface area contributed by atoms with Crippen LogP contribution in [-0.4, -0.2) is 30.8 Å². The summed E-state index contributed by atoms with van der Waals surface area (Å²) >= 11 is 6.42. The summed E-state index contributed by atoms with van der Waals surface area (Å²) in [5, 5.41) is 4.16. The first-order chi connectivity index (χ1) is 14.3. The van der Waals surface area contributed by atoms with E-state index in [0.29, 0.717) is 16.4 Å². The molecule has 7 nitrogen and oxygen atoms in total. The molecule has 0 aromatic carbocycles. The maximum Gasteiger partial charge on any atom is 0.270 e. The number of pyridine rings is 2. The molecule has 1 amide bonds. The standard InChI is InChI=1S/C22H21ClN6O/c1-22(2,3)14-4-5-17(26-10-14)21(30)27-11-18-16(23)8-13(9-25-18)19-15-6-7-24-20(15)29-12-28-19/h4-10,12H,11H2,1-3H3,(H,27,30)(H,24,28,29). The summed E-state index contributed by atoms with van der Waals surface area (Å²) in [6.45, 7) is 6.50. The number of nitrogens with one attached hydrogen (secondary N) is 2. The van der Waals surface area contributed by atoms with Crippen LogP contribution >= 0.6 is 11.6 Å². The first-order valence-electron chi connectivity index (χ1n) is 9.50.